The Labute approximate surface area is 177 Å². The first-order valence-corrected chi connectivity index (χ1v) is 10.9. The SMILES string of the molecule is Cc1nnc(CN=C(NCC(C)Cc2cccs2)NC(C)c2ccccc2)n1C. The van der Waals surface area contributed by atoms with Crippen LogP contribution < -0.4 is 10.6 Å². The topological polar surface area (TPSA) is 67.1 Å². The summed E-state index contributed by atoms with van der Waals surface area (Å²) in [4.78, 5) is 6.19. The molecule has 1 aromatic carbocycles. The van der Waals surface area contributed by atoms with Gasteiger partial charge < -0.3 is 15.2 Å². The number of rotatable bonds is 8. The van der Waals surface area contributed by atoms with E-state index >= 15 is 0 Å². The molecule has 154 valence electrons. The van der Waals surface area contributed by atoms with Gasteiger partial charge in [0.05, 0.1) is 6.04 Å². The van der Waals surface area contributed by atoms with E-state index in [4.69, 9.17) is 4.99 Å². The summed E-state index contributed by atoms with van der Waals surface area (Å²) in [6, 6.07) is 14.9. The maximum atomic E-state index is 4.78. The van der Waals surface area contributed by atoms with Gasteiger partial charge >= 0.3 is 0 Å². The highest BCUT2D eigenvalue weighted by Gasteiger charge is 2.11. The quantitative estimate of drug-likeness (QED) is 0.437. The van der Waals surface area contributed by atoms with Gasteiger partial charge in [-0.05, 0) is 43.2 Å². The first kappa shape index (κ1) is 21.0. The molecule has 0 spiro atoms. The van der Waals surface area contributed by atoms with Gasteiger partial charge in [0.1, 0.15) is 12.4 Å². The first-order valence-electron chi connectivity index (χ1n) is 10.00. The van der Waals surface area contributed by atoms with Crippen LogP contribution in [0.1, 0.15) is 42.0 Å². The van der Waals surface area contributed by atoms with Crippen LogP contribution in [-0.2, 0) is 20.0 Å². The van der Waals surface area contributed by atoms with Crippen LogP contribution in [0.5, 0.6) is 0 Å². The van der Waals surface area contributed by atoms with Gasteiger partial charge in [-0.15, -0.1) is 21.5 Å². The summed E-state index contributed by atoms with van der Waals surface area (Å²) in [5, 5.41) is 17.5. The summed E-state index contributed by atoms with van der Waals surface area (Å²) >= 11 is 1.81. The van der Waals surface area contributed by atoms with Crippen LogP contribution in [0.2, 0.25) is 0 Å². The summed E-state index contributed by atoms with van der Waals surface area (Å²) in [6.45, 7) is 7.68. The predicted octanol–water partition coefficient (Wildman–Crippen LogP) is 3.86. The Balaban J connectivity index is 1.66. The van der Waals surface area contributed by atoms with Crippen LogP contribution in [0.3, 0.4) is 0 Å². The summed E-state index contributed by atoms with van der Waals surface area (Å²) in [5.41, 5.74) is 1.23. The fourth-order valence-electron chi connectivity index (χ4n) is 3.04. The van der Waals surface area contributed by atoms with E-state index in [9.17, 15) is 0 Å². The number of guanidine groups is 1. The molecule has 2 aromatic heterocycles. The number of benzene rings is 1. The third-order valence-electron chi connectivity index (χ3n) is 4.96. The van der Waals surface area contributed by atoms with Crippen molar-refractivity contribution in [3.05, 3.63) is 69.9 Å². The highest BCUT2D eigenvalue weighted by atomic mass is 32.1. The Morgan fingerprint density at radius 3 is 2.59 bits per heavy atom. The lowest BCUT2D eigenvalue weighted by Crippen LogP contribution is -2.41. The van der Waals surface area contributed by atoms with Crippen LogP contribution in [0.15, 0.2) is 52.8 Å². The normalized spacial score (nSPS) is 13.9. The molecule has 0 amide bonds. The Morgan fingerprint density at radius 1 is 1.14 bits per heavy atom. The van der Waals surface area contributed by atoms with Gasteiger partial charge in [0.15, 0.2) is 11.8 Å². The number of aliphatic imine (C=N–C) groups is 1. The fourth-order valence-corrected chi connectivity index (χ4v) is 3.91. The summed E-state index contributed by atoms with van der Waals surface area (Å²) in [7, 11) is 1.97. The molecule has 0 fully saturated rings. The molecule has 0 radical (unpaired) electrons. The van der Waals surface area contributed by atoms with Crippen molar-refractivity contribution in [1.29, 1.82) is 0 Å². The average Bonchev–Trinajstić information content (AvgIpc) is 3.35. The number of aromatic nitrogens is 3. The van der Waals surface area contributed by atoms with Crippen molar-refractivity contribution in [2.75, 3.05) is 6.54 Å². The Bertz CT molecular complexity index is 901. The van der Waals surface area contributed by atoms with E-state index in [0.717, 1.165) is 30.6 Å². The van der Waals surface area contributed by atoms with E-state index in [0.29, 0.717) is 12.5 Å². The second-order valence-corrected chi connectivity index (χ2v) is 8.47. The minimum Gasteiger partial charge on any atom is -0.356 e. The van der Waals surface area contributed by atoms with Crippen molar-refractivity contribution in [3.8, 4) is 0 Å². The van der Waals surface area contributed by atoms with E-state index in [1.807, 2.05) is 35.9 Å². The predicted molar refractivity (Wildman–Crippen MR) is 120 cm³/mol. The molecule has 2 N–H and O–H groups in total. The van der Waals surface area contributed by atoms with Crippen molar-refractivity contribution in [3.63, 3.8) is 0 Å². The van der Waals surface area contributed by atoms with Gasteiger partial charge in [-0.3, -0.25) is 0 Å². The maximum Gasteiger partial charge on any atom is 0.192 e. The van der Waals surface area contributed by atoms with Crippen molar-refractivity contribution >= 4 is 17.3 Å². The molecule has 3 aromatic rings. The van der Waals surface area contributed by atoms with Crippen LogP contribution >= 0.6 is 11.3 Å². The van der Waals surface area contributed by atoms with Crippen LogP contribution in [0.4, 0.5) is 0 Å². The maximum absolute atomic E-state index is 4.78. The highest BCUT2D eigenvalue weighted by Crippen LogP contribution is 2.14. The minimum atomic E-state index is 0.149. The van der Waals surface area contributed by atoms with Gasteiger partial charge in [0.25, 0.3) is 0 Å². The molecule has 0 saturated heterocycles. The summed E-state index contributed by atoms with van der Waals surface area (Å²) in [5.74, 6) is 3.03. The lowest BCUT2D eigenvalue weighted by Gasteiger charge is -2.20. The number of aryl methyl sites for hydroxylation is 1. The van der Waals surface area contributed by atoms with E-state index in [1.54, 1.807) is 0 Å². The molecule has 29 heavy (non-hydrogen) atoms. The lowest BCUT2D eigenvalue weighted by molar-refractivity contribution is 0.555. The molecule has 0 aliphatic rings. The summed E-state index contributed by atoms with van der Waals surface area (Å²) in [6.07, 6.45) is 1.06. The second-order valence-electron chi connectivity index (χ2n) is 7.43. The molecule has 3 rings (SSSR count). The monoisotopic (exact) mass is 410 g/mol. The smallest absolute Gasteiger partial charge is 0.192 e. The standard InChI is InChI=1S/C22H30N6S/c1-16(13-20-11-8-12-29-20)14-23-22(24-15-21-27-26-18(3)28(21)4)25-17(2)19-9-6-5-7-10-19/h5-12,16-17H,13-15H2,1-4H3,(H2,23,24,25). The number of nitrogens with zero attached hydrogens (tertiary/aromatic N) is 4. The van der Waals surface area contributed by atoms with Crippen molar-refractivity contribution in [1.82, 2.24) is 25.4 Å². The molecule has 0 aliphatic carbocycles. The van der Waals surface area contributed by atoms with Crippen LogP contribution in [0, 0.1) is 12.8 Å². The zero-order valence-corrected chi connectivity index (χ0v) is 18.4. The zero-order valence-electron chi connectivity index (χ0n) is 17.6. The van der Waals surface area contributed by atoms with Crippen LogP contribution in [-0.4, -0.2) is 27.3 Å². The number of hydrogen-bond donors (Lipinski definition) is 2. The molecule has 2 heterocycles. The lowest BCUT2D eigenvalue weighted by atomic mass is 10.1. The molecule has 6 nitrogen and oxygen atoms in total. The van der Waals surface area contributed by atoms with E-state index in [1.165, 1.54) is 10.4 Å². The number of hydrogen-bond acceptors (Lipinski definition) is 4. The molecular weight excluding hydrogens is 380 g/mol. The fraction of sp³-hybridized carbons (Fsp3) is 0.409. The number of nitrogens with one attached hydrogen (secondary N) is 2. The third-order valence-corrected chi connectivity index (χ3v) is 5.86. The van der Waals surface area contributed by atoms with Crippen molar-refractivity contribution < 1.29 is 0 Å². The van der Waals surface area contributed by atoms with Gasteiger partial charge in [0.2, 0.25) is 0 Å². The average molecular weight is 411 g/mol. The molecule has 0 bridgehead atoms. The van der Waals surface area contributed by atoms with E-state index < -0.39 is 0 Å². The highest BCUT2D eigenvalue weighted by molar-refractivity contribution is 7.09. The van der Waals surface area contributed by atoms with Gasteiger partial charge in [-0.25, -0.2) is 4.99 Å². The van der Waals surface area contributed by atoms with Gasteiger partial charge in [-0.1, -0.05) is 43.3 Å². The molecular formula is C22H30N6S. The van der Waals surface area contributed by atoms with Crippen molar-refractivity contribution in [2.45, 2.75) is 39.8 Å². The summed E-state index contributed by atoms with van der Waals surface area (Å²) < 4.78 is 1.97. The minimum absolute atomic E-state index is 0.149. The molecule has 0 aliphatic heterocycles. The second kappa shape index (κ2) is 10.2. The Morgan fingerprint density at radius 2 is 1.93 bits per heavy atom. The van der Waals surface area contributed by atoms with E-state index in [-0.39, 0.29) is 6.04 Å². The van der Waals surface area contributed by atoms with Gasteiger partial charge in [-0.2, -0.15) is 0 Å². The van der Waals surface area contributed by atoms with Crippen LogP contribution in [0.25, 0.3) is 0 Å². The van der Waals surface area contributed by atoms with Crippen molar-refractivity contribution in [2.24, 2.45) is 18.0 Å². The zero-order chi connectivity index (χ0) is 20.6. The van der Waals surface area contributed by atoms with E-state index in [2.05, 4.69) is 76.5 Å². The number of thiophene rings is 1. The first-order chi connectivity index (χ1) is 14.0. The van der Waals surface area contributed by atoms with Gasteiger partial charge in [0, 0.05) is 18.5 Å². The molecule has 2 atom stereocenters. The third kappa shape index (κ3) is 6.15. The molecule has 2 unspecified atom stereocenters. The Kier molecular flexibility index (Phi) is 7.41. The largest absolute Gasteiger partial charge is 0.356 e. The Hall–Kier alpha value is -2.67. The molecule has 7 heteroatoms. The molecule has 0 saturated carbocycles.